The van der Waals surface area contributed by atoms with Crippen LogP contribution in [0.2, 0.25) is 0 Å². The van der Waals surface area contributed by atoms with Crippen molar-refractivity contribution in [3.63, 3.8) is 0 Å². The molecule has 2 aromatic heterocycles. The summed E-state index contributed by atoms with van der Waals surface area (Å²) >= 11 is 0. The van der Waals surface area contributed by atoms with Crippen LogP contribution in [0.25, 0.3) is 16.5 Å². The molecule has 0 atom stereocenters. The number of rotatable bonds is 7. The van der Waals surface area contributed by atoms with Crippen LogP contribution in [0.1, 0.15) is 49.3 Å². The Bertz CT molecular complexity index is 1080. The maximum absolute atomic E-state index is 12.3. The second-order valence-corrected chi connectivity index (χ2v) is 8.55. The predicted molar refractivity (Wildman–Crippen MR) is 122 cm³/mol. The summed E-state index contributed by atoms with van der Waals surface area (Å²) in [5.41, 5.74) is 7.57. The van der Waals surface area contributed by atoms with Crippen LogP contribution >= 0.6 is 0 Å². The average molecular weight is 421 g/mol. The van der Waals surface area contributed by atoms with Gasteiger partial charge in [-0.25, -0.2) is 9.97 Å². The van der Waals surface area contributed by atoms with E-state index in [-0.39, 0.29) is 6.67 Å². The zero-order chi connectivity index (χ0) is 21.2. The van der Waals surface area contributed by atoms with Crippen LogP contribution in [-0.2, 0) is 6.42 Å². The standard InChI is InChI=1S/C24H29FN6/c1-2-16-5-3-6-19-20(7-8-22-21(19)13-28-30-22)23(16)17-11-26-24(27-12-17)29-18-14-31(15-18)10-4-9-25/h7-8,11-13,18H,2-6,9-10,14-15H2,1H3,(H,28,30)(H,26,27,29). The van der Waals surface area contributed by atoms with Gasteiger partial charge < -0.3 is 5.32 Å². The van der Waals surface area contributed by atoms with Crippen molar-refractivity contribution >= 4 is 22.4 Å². The molecular weight excluding hydrogens is 391 g/mol. The van der Waals surface area contributed by atoms with Crippen LogP contribution in [0.3, 0.4) is 0 Å². The maximum atomic E-state index is 12.3. The van der Waals surface area contributed by atoms with Crippen molar-refractivity contribution in [2.45, 2.75) is 45.1 Å². The number of aromatic amines is 1. The molecular formula is C24H29FN6. The van der Waals surface area contributed by atoms with Crippen molar-refractivity contribution < 1.29 is 4.39 Å². The molecule has 0 bridgehead atoms. The fourth-order valence-corrected chi connectivity index (χ4v) is 4.93. The smallest absolute Gasteiger partial charge is 0.222 e. The Balaban J connectivity index is 1.39. The van der Waals surface area contributed by atoms with E-state index in [1.165, 1.54) is 27.7 Å². The van der Waals surface area contributed by atoms with E-state index in [1.807, 2.05) is 18.6 Å². The fraction of sp³-hybridized carbons (Fsp3) is 0.458. The number of hydrogen-bond donors (Lipinski definition) is 2. The highest BCUT2D eigenvalue weighted by molar-refractivity contribution is 5.92. The third-order valence-corrected chi connectivity index (χ3v) is 6.53. The summed E-state index contributed by atoms with van der Waals surface area (Å²) in [6.45, 7) is 4.66. The van der Waals surface area contributed by atoms with Crippen molar-refractivity contribution in [3.8, 4) is 0 Å². The average Bonchev–Trinajstić information content (AvgIpc) is 3.17. The summed E-state index contributed by atoms with van der Waals surface area (Å²) in [4.78, 5) is 11.5. The Morgan fingerprint density at radius 3 is 2.77 bits per heavy atom. The minimum atomic E-state index is -0.246. The Morgan fingerprint density at radius 2 is 2.00 bits per heavy atom. The first-order valence-electron chi connectivity index (χ1n) is 11.3. The summed E-state index contributed by atoms with van der Waals surface area (Å²) in [6.07, 6.45) is 10.8. The number of allylic oxidation sites excluding steroid dienone is 1. The third-order valence-electron chi connectivity index (χ3n) is 6.53. The summed E-state index contributed by atoms with van der Waals surface area (Å²) in [5, 5.41) is 12.0. The maximum Gasteiger partial charge on any atom is 0.222 e. The molecule has 1 aliphatic carbocycles. The highest BCUT2D eigenvalue weighted by Gasteiger charge is 2.26. The quantitative estimate of drug-likeness (QED) is 0.594. The molecule has 0 amide bonds. The van der Waals surface area contributed by atoms with E-state index in [4.69, 9.17) is 0 Å². The van der Waals surface area contributed by atoms with E-state index in [1.54, 1.807) is 0 Å². The van der Waals surface area contributed by atoms with Gasteiger partial charge in [0.15, 0.2) is 0 Å². The first-order chi connectivity index (χ1) is 15.3. The Hall–Kier alpha value is -2.80. The van der Waals surface area contributed by atoms with Crippen LogP contribution in [0.5, 0.6) is 0 Å². The summed E-state index contributed by atoms with van der Waals surface area (Å²) < 4.78 is 12.3. The summed E-state index contributed by atoms with van der Waals surface area (Å²) in [6, 6.07) is 4.68. The lowest BCUT2D eigenvalue weighted by Gasteiger charge is -2.39. The third kappa shape index (κ3) is 3.94. The highest BCUT2D eigenvalue weighted by atomic mass is 19.1. The summed E-state index contributed by atoms with van der Waals surface area (Å²) in [7, 11) is 0. The second kappa shape index (κ2) is 8.75. The number of nitrogens with one attached hydrogen (secondary N) is 2. The van der Waals surface area contributed by atoms with Gasteiger partial charge in [-0.15, -0.1) is 0 Å². The van der Waals surface area contributed by atoms with E-state index in [2.05, 4.69) is 49.4 Å². The molecule has 1 aliphatic heterocycles. The van der Waals surface area contributed by atoms with Crippen molar-refractivity contribution in [2.75, 3.05) is 31.6 Å². The number of anilines is 1. The molecule has 1 aromatic carbocycles. The van der Waals surface area contributed by atoms with Gasteiger partial charge >= 0.3 is 0 Å². The number of aromatic nitrogens is 4. The van der Waals surface area contributed by atoms with Crippen LogP contribution < -0.4 is 5.32 Å². The number of halogens is 1. The van der Waals surface area contributed by atoms with Crippen molar-refractivity contribution in [1.82, 2.24) is 25.1 Å². The van der Waals surface area contributed by atoms with Crippen LogP contribution in [0.4, 0.5) is 10.3 Å². The van der Waals surface area contributed by atoms with Crippen LogP contribution in [0, 0.1) is 0 Å². The van der Waals surface area contributed by atoms with Gasteiger partial charge in [0.25, 0.3) is 0 Å². The molecule has 0 radical (unpaired) electrons. The normalized spacial score (nSPS) is 17.5. The zero-order valence-corrected chi connectivity index (χ0v) is 18.0. The van der Waals surface area contributed by atoms with Crippen molar-refractivity contribution in [1.29, 1.82) is 0 Å². The molecule has 3 aromatic rings. The number of H-pyrrole nitrogens is 1. The van der Waals surface area contributed by atoms with Crippen molar-refractivity contribution in [3.05, 3.63) is 53.0 Å². The number of aryl methyl sites for hydroxylation is 1. The van der Waals surface area contributed by atoms with Gasteiger partial charge in [0, 0.05) is 43.0 Å². The molecule has 6 nitrogen and oxygen atoms in total. The molecule has 2 N–H and O–H groups in total. The topological polar surface area (TPSA) is 69.7 Å². The first-order valence-corrected chi connectivity index (χ1v) is 11.3. The number of nitrogens with zero attached hydrogens (tertiary/aromatic N) is 4. The van der Waals surface area contributed by atoms with Crippen LogP contribution in [0.15, 0.2) is 36.3 Å². The number of benzene rings is 1. The fourth-order valence-electron chi connectivity index (χ4n) is 4.93. The highest BCUT2D eigenvalue weighted by Crippen LogP contribution is 2.38. The molecule has 1 fully saturated rings. The monoisotopic (exact) mass is 420 g/mol. The van der Waals surface area contributed by atoms with Gasteiger partial charge in [-0.3, -0.25) is 14.4 Å². The molecule has 31 heavy (non-hydrogen) atoms. The molecule has 2 aliphatic rings. The minimum absolute atomic E-state index is 0.246. The van der Waals surface area contributed by atoms with Gasteiger partial charge in [0.2, 0.25) is 5.95 Å². The number of hydrogen-bond acceptors (Lipinski definition) is 5. The lowest BCUT2D eigenvalue weighted by atomic mass is 9.90. The van der Waals surface area contributed by atoms with E-state index in [9.17, 15) is 4.39 Å². The summed E-state index contributed by atoms with van der Waals surface area (Å²) in [5.74, 6) is 0.664. The second-order valence-electron chi connectivity index (χ2n) is 8.55. The molecule has 0 saturated carbocycles. The molecule has 0 spiro atoms. The van der Waals surface area contributed by atoms with Gasteiger partial charge in [0.1, 0.15) is 0 Å². The van der Waals surface area contributed by atoms with E-state index in [0.29, 0.717) is 18.4 Å². The molecule has 0 unspecified atom stereocenters. The Labute approximate surface area is 182 Å². The molecule has 7 heteroatoms. The van der Waals surface area contributed by atoms with Crippen LogP contribution in [-0.4, -0.2) is 57.4 Å². The predicted octanol–water partition coefficient (Wildman–Crippen LogP) is 4.36. The van der Waals surface area contributed by atoms with Crippen molar-refractivity contribution in [2.24, 2.45) is 0 Å². The Morgan fingerprint density at radius 1 is 1.16 bits per heavy atom. The number of alkyl halides is 1. The zero-order valence-electron chi connectivity index (χ0n) is 18.0. The SMILES string of the molecule is CCC1=C(c2cnc(NC3CN(CCCF)C3)nc2)c2ccc3[nH]ncc3c2CCC1. The van der Waals surface area contributed by atoms with Gasteiger partial charge in [-0.1, -0.05) is 18.6 Å². The minimum Gasteiger partial charge on any atom is -0.349 e. The van der Waals surface area contributed by atoms with Gasteiger partial charge in [-0.2, -0.15) is 5.10 Å². The van der Waals surface area contributed by atoms with Gasteiger partial charge in [0.05, 0.1) is 24.4 Å². The molecule has 1 saturated heterocycles. The first kappa shape index (κ1) is 20.1. The Kier molecular flexibility index (Phi) is 5.68. The number of fused-ring (bicyclic) bond motifs is 3. The largest absolute Gasteiger partial charge is 0.349 e. The molecule has 162 valence electrons. The van der Waals surface area contributed by atoms with E-state index in [0.717, 1.165) is 56.4 Å². The lowest BCUT2D eigenvalue weighted by molar-refractivity contribution is 0.155. The van der Waals surface area contributed by atoms with E-state index < -0.39 is 0 Å². The lowest BCUT2D eigenvalue weighted by Crippen LogP contribution is -2.55. The van der Waals surface area contributed by atoms with Gasteiger partial charge in [-0.05, 0) is 54.9 Å². The van der Waals surface area contributed by atoms with E-state index >= 15 is 0 Å². The molecule has 5 rings (SSSR count). The number of likely N-dealkylation sites (tertiary alicyclic amines) is 1. The molecule has 3 heterocycles.